The van der Waals surface area contributed by atoms with Gasteiger partial charge in [-0.2, -0.15) is 0 Å². The van der Waals surface area contributed by atoms with Crippen LogP contribution in [0.15, 0.2) is 35.2 Å². The lowest BCUT2D eigenvalue weighted by Gasteiger charge is -2.08. The summed E-state index contributed by atoms with van der Waals surface area (Å²) in [4.78, 5) is 31.7. The van der Waals surface area contributed by atoms with Crippen molar-refractivity contribution in [3.8, 4) is 11.5 Å². The van der Waals surface area contributed by atoms with E-state index in [0.29, 0.717) is 35.4 Å². The molecule has 7 nitrogen and oxygen atoms in total. The lowest BCUT2D eigenvalue weighted by atomic mass is 10.2. The highest BCUT2D eigenvalue weighted by molar-refractivity contribution is 7.07. The van der Waals surface area contributed by atoms with Crippen LogP contribution in [0.2, 0.25) is 0 Å². The molecule has 3 aromatic rings. The first-order chi connectivity index (χ1) is 11.7. The summed E-state index contributed by atoms with van der Waals surface area (Å²) in [5, 5.41) is 10.4. The summed E-state index contributed by atoms with van der Waals surface area (Å²) in [5.74, 6) is -0.416. The van der Waals surface area contributed by atoms with Gasteiger partial charge in [-0.15, -0.1) is 11.3 Å². The van der Waals surface area contributed by atoms with E-state index in [2.05, 4.69) is 9.97 Å². The maximum Gasteiger partial charge on any atom is 0.420 e. The predicted octanol–water partition coefficient (Wildman–Crippen LogP) is 3.40. The van der Waals surface area contributed by atoms with Crippen LogP contribution in [0, 0.1) is 0 Å². The van der Waals surface area contributed by atoms with Crippen LogP contribution in [0.3, 0.4) is 0 Å². The maximum atomic E-state index is 12.5. The second-order valence-electron chi connectivity index (χ2n) is 5.10. The van der Waals surface area contributed by atoms with E-state index < -0.39 is 12.1 Å². The molecular weight excluding hydrogens is 330 g/mol. The Morgan fingerprint density at radius 2 is 2.08 bits per heavy atom. The summed E-state index contributed by atoms with van der Waals surface area (Å²) in [6.45, 7) is 0.162. The molecule has 24 heavy (non-hydrogen) atoms. The molecule has 1 aromatic carbocycles. The summed E-state index contributed by atoms with van der Waals surface area (Å²) in [6, 6.07) is 7.29. The zero-order chi connectivity index (χ0) is 16.9. The van der Waals surface area contributed by atoms with Crippen LogP contribution >= 0.6 is 11.3 Å². The molecule has 3 rings (SSSR count). The Morgan fingerprint density at radius 3 is 2.83 bits per heavy atom. The number of carboxylic acid groups (broad SMARTS) is 1. The molecule has 0 saturated carbocycles. The van der Waals surface area contributed by atoms with Gasteiger partial charge in [0.25, 0.3) is 0 Å². The summed E-state index contributed by atoms with van der Waals surface area (Å²) in [5.41, 5.74) is 3.62. The van der Waals surface area contributed by atoms with Crippen molar-refractivity contribution < 1.29 is 19.4 Å². The van der Waals surface area contributed by atoms with E-state index in [-0.39, 0.29) is 13.0 Å². The zero-order valence-corrected chi connectivity index (χ0v) is 13.5. The number of hydrogen-bond donors (Lipinski definition) is 1. The van der Waals surface area contributed by atoms with Crippen LogP contribution in [-0.2, 0) is 9.53 Å². The van der Waals surface area contributed by atoms with Gasteiger partial charge in [0.1, 0.15) is 5.69 Å². The van der Waals surface area contributed by atoms with Gasteiger partial charge in [-0.05, 0) is 25.0 Å². The van der Waals surface area contributed by atoms with Gasteiger partial charge in [-0.25, -0.2) is 19.3 Å². The van der Waals surface area contributed by atoms with Gasteiger partial charge in [0.05, 0.1) is 23.2 Å². The Labute approximate surface area is 141 Å². The van der Waals surface area contributed by atoms with Crippen LogP contribution in [0.4, 0.5) is 4.79 Å². The first-order valence-corrected chi connectivity index (χ1v) is 8.36. The second-order valence-corrected chi connectivity index (χ2v) is 5.82. The number of ether oxygens (including phenoxy) is 1. The number of fused-ring (bicyclic) bond motifs is 1. The fourth-order valence-corrected chi connectivity index (χ4v) is 2.84. The predicted molar refractivity (Wildman–Crippen MR) is 89.1 cm³/mol. The van der Waals surface area contributed by atoms with Crippen molar-refractivity contribution in [3.05, 3.63) is 35.2 Å². The van der Waals surface area contributed by atoms with Crippen molar-refractivity contribution in [3.63, 3.8) is 0 Å². The van der Waals surface area contributed by atoms with Gasteiger partial charge >= 0.3 is 12.1 Å². The minimum atomic E-state index is -0.854. The first-order valence-electron chi connectivity index (χ1n) is 7.42. The van der Waals surface area contributed by atoms with Crippen molar-refractivity contribution in [2.75, 3.05) is 6.61 Å². The average molecular weight is 345 g/mol. The molecule has 8 heteroatoms. The monoisotopic (exact) mass is 345 g/mol. The summed E-state index contributed by atoms with van der Waals surface area (Å²) in [6.07, 6.45) is 0.487. The fraction of sp³-hybridized carbons (Fsp3) is 0.250. The van der Waals surface area contributed by atoms with E-state index in [1.54, 1.807) is 11.6 Å². The Hall–Kier alpha value is -2.74. The lowest BCUT2D eigenvalue weighted by molar-refractivity contribution is -0.137. The van der Waals surface area contributed by atoms with E-state index in [4.69, 9.17) is 9.84 Å². The van der Waals surface area contributed by atoms with E-state index >= 15 is 0 Å². The summed E-state index contributed by atoms with van der Waals surface area (Å²) < 4.78 is 6.69. The molecule has 0 amide bonds. The van der Waals surface area contributed by atoms with Crippen molar-refractivity contribution in [2.45, 2.75) is 19.3 Å². The number of thiazole rings is 1. The Balaban J connectivity index is 1.81. The third kappa shape index (κ3) is 3.43. The normalized spacial score (nSPS) is 10.8. The summed E-state index contributed by atoms with van der Waals surface area (Å²) in [7, 11) is 0. The topological polar surface area (TPSA) is 94.3 Å². The zero-order valence-electron chi connectivity index (χ0n) is 12.7. The largest absolute Gasteiger partial charge is 0.481 e. The molecule has 0 aliphatic heterocycles. The molecule has 2 heterocycles. The SMILES string of the molecule is O=C(O)CCCCOC(=O)n1c(-c2cscn2)nc2ccccc21. The standard InChI is InChI=1S/C16H15N3O4S/c20-14(21)7-3-4-8-23-16(22)19-13-6-2-1-5-11(13)18-15(19)12-9-24-10-17-12/h1-2,5-6,9-10H,3-4,7-8H2,(H,20,21). The molecule has 0 fully saturated rings. The smallest absolute Gasteiger partial charge is 0.420 e. The highest BCUT2D eigenvalue weighted by atomic mass is 32.1. The number of carbonyl (C=O) groups is 2. The molecule has 0 saturated heterocycles. The average Bonchev–Trinajstić information content (AvgIpc) is 3.21. The number of carbonyl (C=O) groups excluding carboxylic acids is 1. The Morgan fingerprint density at radius 1 is 1.25 bits per heavy atom. The maximum absolute atomic E-state index is 12.5. The number of carboxylic acids is 1. The van der Waals surface area contributed by atoms with Crippen LogP contribution < -0.4 is 0 Å². The molecule has 124 valence electrons. The van der Waals surface area contributed by atoms with Crippen molar-refractivity contribution >= 4 is 34.4 Å². The minimum absolute atomic E-state index is 0.0651. The fourth-order valence-electron chi connectivity index (χ4n) is 2.31. The van der Waals surface area contributed by atoms with E-state index in [9.17, 15) is 9.59 Å². The van der Waals surface area contributed by atoms with Crippen molar-refractivity contribution in [1.29, 1.82) is 0 Å². The number of nitrogens with zero attached hydrogens (tertiary/aromatic N) is 3. The van der Waals surface area contributed by atoms with Crippen LogP contribution in [0.5, 0.6) is 0 Å². The molecular formula is C16H15N3O4S. The third-order valence-corrected chi connectivity index (χ3v) is 4.00. The highest BCUT2D eigenvalue weighted by Crippen LogP contribution is 2.24. The second kappa shape index (κ2) is 7.22. The molecule has 1 N–H and O–H groups in total. The highest BCUT2D eigenvalue weighted by Gasteiger charge is 2.20. The van der Waals surface area contributed by atoms with E-state index in [1.165, 1.54) is 15.9 Å². The lowest BCUT2D eigenvalue weighted by Crippen LogP contribution is -2.16. The van der Waals surface area contributed by atoms with Crippen LogP contribution in [0.25, 0.3) is 22.6 Å². The first kappa shape index (κ1) is 16.1. The van der Waals surface area contributed by atoms with Crippen LogP contribution in [0.1, 0.15) is 19.3 Å². The van der Waals surface area contributed by atoms with Gasteiger partial charge in [-0.3, -0.25) is 4.79 Å². The molecule has 0 bridgehead atoms. The van der Waals surface area contributed by atoms with Crippen molar-refractivity contribution in [2.24, 2.45) is 0 Å². The van der Waals surface area contributed by atoms with Gasteiger partial charge in [-0.1, -0.05) is 12.1 Å². The molecule has 0 radical (unpaired) electrons. The Kier molecular flexibility index (Phi) is 4.85. The molecule has 2 aromatic heterocycles. The number of hydrogen-bond acceptors (Lipinski definition) is 6. The number of para-hydroxylation sites is 2. The molecule has 0 aliphatic carbocycles. The number of rotatable bonds is 6. The van der Waals surface area contributed by atoms with Gasteiger partial charge in [0.2, 0.25) is 0 Å². The minimum Gasteiger partial charge on any atom is -0.481 e. The number of benzene rings is 1. The van der Waals surface area contributed by atoms with E-state index in [1.807, 2.05) is 23.6 Å². The molecule has 0 atom stereocenters. The molecule has 0 aliphatic rings. The van der Waals surface area contributed by atoms with Crippen molar-refractivity contribution in [1.82, 2.24) is 14.5 Å². The molecule has 0 unspecified atom stereocenters. The number of aromatic nitrogens is 3. The number of imidazole rings is 1. The van der Waals surface area contributed by atoms with Gasteiger partial charge in [0.15, 0.2) is 5.82 Å². The summed E-state index contributed by atoms with van der Waals surface area (Å²) >= 11 is 1.42. The third-order valence-electron chi connectivity index (χ3n) is 3.42. The van der Waals surface area contributed by atoms with E-state index in [0.717, 1.165) is 0 Å². The van der Waals surface area contributed by atoms with Gasteiger partial charge < -0.3 is 9.84 Å². The molecule has 0 spiro atoms. The number of unbranched alkanes of at least 4 members (excludes halogenated alkanes) is 1. The number of aliphatic carboxylic acids is 1. The Bertz CT molecular complexity index is 857. The van der Waals surface area contributed by atoms with Crippen LogP contribution in [-0.4, -0.2) is 38.3 Å². The quantitative estimate of drug-likeness (QED) is 0.688. The van der Waals surface area contributed by atoms with Gasteiger partial charge in [0, 0.05) is 11.8 Å².